The second kappa shape index (κ2) is 4.44. The molecule has 1 rings (SSSR count). The van der Waals surface area contributed by atoms with Gasteiger partial charge >= 0.3 is 12.8 Å². The number of rotatable bonds is 2. The molecule has 0 saturated carbocycles. The van der Waals surface area contributed by atoms with E-state index in [1.165, 1.54) is 0 Å². The monoisotopic (exact) mass is 305 g/mol. The van der Waals surface area contributed by atoms with E-state index in [-0.39, 0.29) is 4.47 Å². The molecular weight excluding hydrogens is 301 g/mol. The molecule has 0 saturated heterocycles. The molecule has 0 radical (unpaired) electrons. The third kappa shape index (κ3) is 2.75. The highest BCUT2D eigenvalue weighted by Gasteiger charge is 2.35. The van der Waals surface area contributed by atoms with Crippen molar-refractivity contribution in [1.29, 1.82) is 0 Å². The average molecular weight is 306 g/mol. The van der Waals surface area contributed by atoms with Gasteiger partial charge in [0.2, 0.25) is 0 Å². The molecule has 0 aliphatic carbocycles. The van der Waals surface area contributed by atoms with E-state index in [9.17, 15) is 22.0 Å². The van der Waals surface area contributed by atoms with Gasteiger partial charge in [-0.3, -0.25) is 0 Å². The second-order valence-electron chi connectivity index (χ2n) is 2.71. The molecule has 1 aromatic carbocycles. The number of benzene rings is 1. The molecule has 0 fully saturated rings. The van der Waals surface area contributed by atoms with E-state index in [0.717, 1.165) is 6.07 Å². The summed E-state index contributed by atoms with van der Waals surface area (Å²) in [5.74, 6) is -0.718. The predicted octanol–water partition coefficient (Wildman–Crippen LogP) is 3.65. The van der Waals surface area contributed by atoms with E-state index < -0.39 is 29.8 Å². The van der Waals surface area contributed by atoms with Crippen LogP contribution in [0.1, 0.15) is 5.56 Å². The Morgan fingerprint density at radius 2 is 1.81 bits per heavy atom. The van der Waals surface area contributed by atoms with Crippen molar-refractivity contribution in [1.82, 2.24) is 0 Å². The van der Waals surface area contributed by atoms with E-state index in [4.69, 9.17) is 5.73 Å². The Hall–Kier alpha value is -1.05. The van der Waals surface area contributed by atoms with Gasteiger partial charge in [-0.25, -0.2) is 0 Å². The van der Waals surface area contributed by atoms with Gasteiger partial charge in [0.1, 0.15) is 0 Å². The number of nitrogens with two attached hydrogens (primary N) is 1. The van der Waals surface area contributed by atoms with Crippen LogP contribution in [0.4, 0.5) is 27.6 Å². The fraction of sp³-hybridized carbons (Fsp3) is 0.250. The van der Waals surface area contributed by atoms with E-state index in [0.29, 0.717) is 6.07 Å². The summed E-state index contributed by atoms with van der Waals surface area (Å²) in [6.07, 6.45) is -4.72. The molecule has 2 N–H and O–H groups in total. The lowest BCUT2D eigenvalue weighted by atomic mass is 10.1. The van der Waals surface area contributed by atoms with Crippen molar-refractivity contribution in [3.05, 3.63) is 22.2 Å². The highest BCUT2D eigenvalue weighted by molar-refractivity contribution is 9.10. The Morgan fingerprint density at radius 1 is 1.25 bits per heavy atom. The van der Waals surface area contributed by atoms with Crippen LogP contribution in [0.25, 0.3) is 0 Å². The Labute approximate surface area is 95.3 Å². The standard InChI is InChI=1S/C8H5BrF5NO/c9-4-2-1-3(8(12,13)14)5(15)6(4)16-7(10)11/h1-2,7H,15H2. The molecule has 2 nitrogen and oxygen atoms in total. The first-order valence-electron chi connectivity index (χ1n) is 3.83. The molecule has 0 atom stereocenters. The zero-order chi connectivity index (χ0) is 12.5. The summed E-state index contributed by atoms with van der Waals surface area (Å²) in [6, 6.07) is 1.62. The van der Waals surface area contributed by atoms with Crippen LogP contribution in [-0.4, -0.2) is 6.61 Å². The maximum absolute atomic E-state index is 12.4. The van der Waals surface area contributed by atoms with Crippen LogP contribution in [0.5, 0.6) is 5.75 Å². The molecular formula is C8H5BrF5NO. The minimum Gasteiger partial charge on any atom is -0.431 e. The van der Waals surface area contributed by atoms with Crippen LogP contribution in [0.2, 0.25) is 0 Å². The van der Waals surface area contributed by atoms with Crippen LogP contribution >= 0.6 is 15.9 Å². The molecule has 8 heteroatoms. The zero-order valence-electron chi connectivity index (χ0n) is 7.49. The van der Waals surface area contributed by atoms with E-state index >= 15 is 0 Å². The first kappa shape index (κ1) is 13.0. The van der Waals surface area contributed by atoms with Crippen molar-refractivity contribution in [2.24, 2.45) is 0 Å². The lowest BCUT2D eigenvalue weighted by molar-refractivity contribution is -0.137. The van der Waals surface area contributed by atoms with Gasteiger partial charge in [-0.2, -0.15) is 22.0 Å². The molecule has 0 aliphatic heterocycles. The molecule has 0 amide bonds. The maximum atomic E-state index is 12.4. The van der Waals surface area contributed by atoms with Crippen molar-refractivity contribution in [2.45, 2.75) is 12.8 Å². The molecule has 0 aliphatic rings. The summed E-state index contributed by atoms with van der Waals surface area (Å²) in [5, 5.41) is 0. The van der Waals surface area contributed by atoms with Crippen LogP contribution in [-0.2, 0) is 6.18 Å². The minimum atomic E-state index is -4.72. The number of alkyl halides is 5. The van der Waals surface area contributed by atoms with Gasteiger partial charge in [-0.15, -0.1) is 0 Å². The first-order chi connectivity index (χ1) is 7.23. The molecule has 0 spiro atoms. The van der Waals surface area contributed by atoms with Crippen molar-refractivity contribution in [3.8, 4) is 5.75 Å². The molecule has 0 heterocycles. The van der Waals surface area contributed by atoms with Crippen LogP contribution in [0, 0.1) is 0 Å². The topological polar surface area (TPSA) is 35.2 Å². The SMILES string of the molecule is Nc1c(C(F)(F)F)ccc(Br)c1OC(F)F. The van der Waals surface area contributed by atoms with Crippen molar-refractivity contribution in [3.63, 3.8) is 0 Å². The second-order valence-corrected chi connectivity index (χ2v) is 3.57. The molecule has 0 aromatic heterocycles. The number of hydrogen-bond donors (Lipinski definition) is 1. The molecule has 16 heavy (non-hydrogen) atoms. The number of ether oxygens (including phenoxy) is 1. The fourth-order valence-corrected chi connectivity index (χ4v) is 1.47. The van der Waals surface area contributed by atoms with E-state index in [1.54, 1.807) is 0 Å². The average Bonchev–Trinajstić information content (AvgIpc) is 2.09. The predicted molar refractivity (Wildman–Crippen MR) is 50.2 cm³/mol. The summed E-state index contributed by atoms with van der Waals surface area (Å²) in [6.45, 7) is -3.25. The lowest BCUT2D eigenvalue weighted by Crippen LogP contribution is -2.12. The molecule has 90 valence electrons. The quantitative estimate of drug-likeness (QED) is 0.668. The summed E-state index contributed by atoms with van der Waals surface area (Å²) < 4.78 is 64.8. The Bertz CT molecular complexity index is 393. The normalized spacial score (nSPS) is 11.9. The Balaban J connectivity index is 3.27. The Morgan fingerprint density at radius 3 is 2.25 bits per heavy atom. The van der Waals surface area contributed by atoms with Crippen molar-refractivity contribution < 1.29 is 26.7 Å². The van der Waals surface area contributed by atoms with Gasteiger partial charge < -0.3 is 10.5 Å². The van der Waals surface area contributed by atoms with Crippen LogP contribution < -0.4 is 10.5 Å². The van der Waals surface area contributed by atoms with Gasteiger partial charge in [-0.05, 0) is 28.1 Å². The smallest absolute Gasteiger partial charge is 0.418 e. The van der Waals surface area contributed by atoms with Crippen molar-refractivity contribution >= 4 is 21.6 Å². The Kier molecular flexibility index (Phi) is 3.61. The van der Waals surface area contributed by atoms with Gasteiger partial charge in [0, 0.05) is 0 Å². The molecule has 0 bridgehead atoms. The van der Waals surface area contributed by atoms with E-state index in [2.05, 4.69) is 20.7 Å². The van der Waals surface area contributed by atoms with E-state index in [1.807, 2.05) is 0 Å². The maximum Gasteiger partial charge on any atom is 0.418 e. The zero-order valence-corrected chi connectivity index (χ0v) is 9.07. The number of hydrogen-bond acceptors (Lipinski definition) is 2. The van der Waals surface area contributed by atoms with Gasteiger partial charge in [0.25, 0.3) is 0 Å². The van der Waals surface area contributed by atoms with Gasteiger partial charge in [0.15, 0.2) is 5.75 Å². The lowest BCUT2D eigenvalue weighted by Gasteiger charge is -2.15. The van der Waals surface area contributed by atoms with Crippen LogP contribution in [0.3, 0.4) is 0 Å². The summed E-state index contributed by atoms with van der Waals surface area (Å²) in [4.78, 5) is 0. The number of nitrogen functional groups attached to an aromatic ring is 1. The minimum absolute atomic E-state index is 0.0710. The number of halogens is 6. The summed E-state index contributed by atoms with van der Waals surface area (Å²) in [5.41, 5.74) is 3.02. The third-order valence-electron chi connectivity index (χ3n) is 1.66. The fourth-order valence-electron chi connectivity index (χ4n) is 1.03. The van der Waals surface area contributed by atoms with Gasteiger partial charge in [0.05, 0.1) is 15.7 Å². The highest BCUT2D eigenvalue weighted by Crippen LogP contribution is 2.42. The van der Waals surface area contributed by atoms with Crippen molar-refractivity contribution in [2.75, 3.05) is 5.73 Å². The summed E-state index contributed by atoms with van der Waals surface area (Å²) >= 11 is 2.77. The number of anilines is 1. The first-order valence-corrected chi connectivity index (χ1v) is 4.62. The van der Waals surface area contributed by atoms with Gasteiger partial charge in [-0.1, -0.05) is 0 Å². The largest absolute Gasteiger partial charge is 0.431 e. The third-order valence-corrected chi connectivity index (χ3v) is 2.28. The molecule has 1 aromatic rings. The highest BCUT2D eigenvalue weighted by atomic mass is 79.9. The van der Waals surface area contributed by atoms with Crippen LogP contribution in [0.15, 0.2) is 16.6 Å². The molecule has 0 unspecified atom stereocenters. The summed E-state index contributed by atoms with van der Waals surface area (Å²) in [7, 11) is 0.